The molecule has 1 unspecified atom stereocenters. The van der Waals surface area contributed by atoms with E-state index in [1.54, 1.807) is 12.2 Å². The van der Waals surface area contributed by atoms with Crippen LogP contribution < -0.4 is 0 Å². The lowest BCUT2D eigenvalue weighted by molar-refractivity contribution is -0.141. The Kier molecular flexibility index (Phi) is 5.60. The molecule has 1 atom stereocenters. The molecular formula is C10H16O4. The minimum atomic E-state index is -0.969. The summed E-state index contributed by atoms with van der Waals surface area (Å²) in [6, 6.07) is 0. The normalized spacial score (nSPS) is 13.4. The number of rotatable bonds is 6. The Morgan fingerprint density at radius 2 is 1.79 bits per heavy atom. The second-order valence-electron chi connectivity index (χ2n) is 3.51. The van der Waals surface area contributed by atoms with Gasteiger partial charge in [-0.1, -0.05) is 26.0 Å². The van der Waals surface area contributed by atoms with Crippen LogP contribution in [0, 0.1) is 11.8 Å². The van der Waals surface area contributed by atoms with Crippen LogP contribution in [0.4, 0.5) is 0 Å². The third kappa shape index (κ3) is 6.22. The van der Waals surface area contributed by atoms with Gasteiger partial charge in [-0.2, -0.15) is 0 Å². The van der Waals surface area contributed by atoms with E-state index in [0.717, 1.165) is 0 Å². The summed E-state index contributed by atoms with van der Waals surface area (Å²) >= 11 is 0. The van der Waals surface area contributed by atoms with Crippen LogP contribution in [-0.2, 0) is 9.59 Å². The first-order valence-corrected chi connectivity index (χ1v) is 4.56. The minimum absolute atomic E-state index is 0.112. The van der Waals surface area contributed by atoms with Crippen molar-refractivity contribution in [3.05, 3.63) is 12.2 Å². The summed E-state index contributed by atoms with van der Waals surface area (Å²) in [4.78, 5) is 20.9. The molecule has 4 heteroatoms. The highest BCUT2D eigenvalue weighted by atomic mass is 16.4. The fourth-order valence-electron chi connectivity index (χ4n) is 0.937. The first-order chi connectivity index (χ1) is 6.43. The Morgan fingerprint density at radius 1 is 1.21 bits per heavy atom. The fourth-order valence-corrected chi connectivity index (χ4v) is 0.937. The van der Waals surface area contributed by atoms with Crippen molar-refractivity contribution < 1.29 is 19.8 Å². The number of hydrogen-bond acceptors (Lipinski definition) is 2. The molecule has 4 nitrogen and oxygen atoms in total. The summed E-state index contributed by atoms with van der Waals surface area (Å²) in [5.74, 6) is -2.34. The van der Waals surface area contributed by atoms with E-state index < -0.39 is 17.9 Å². The Hall–Kier alpha value is -1.32. The molecule has 0 aromatic carbocycles. The molecule has 0 saturated heterocycles. The monoisotopic (exact) mass is 200 g/mol. The molecule has 2 N–H and O–H groups in total. The third-order valence-electron chi connectivity index (χ3n) is 1.71. The maximum Gasteiger partial charge on any atom is 0.310 e. The van der Waals surface area contributed by atoms with Crippen molar-refractivity contribution in [1.29, 1.82) is 0 Å². The SMILES string of the molecule is CC(C)C=CC(CCC(=O)O)C(=O)O. The Bertz CT molecular complexity index is 230. The third-order valence-corrected chi connectivity index (χ3v) is 1.71. The van der Waals surface area contributed by atoms with E-state index >= 15 is 0 Å². The molecule has 0 aliphatic heterocycles. The molecule has 0 radical (unpaired) electrons. The van der Waals surface area contributed by atoms with Gasteiger partial charge < -0.3 is 10.2 Å². The van der Waals surface area contributed by atoms with Crippen LogP contribution in [-0.4, -0.2) is 22.2 Å². The lowest BCUT2D eigenvalue weighted by atomic mass is 10.0. The van der Waals surface area contributed by atoms with Crippen LogP contribution in [0.5, 0.6) is 0 Å². The van der Waals surface area contributed by atoms with Crippen molar-refractivity contribution in [1.82, 2.24) is 0 Å². The van der Waals surface area contributed by atoms with Gasteiger partial charge in [-0.3, -0.25) is 9.59 Å². The van der Waals surface area contributed by atoms with E-state index in [4.69, 9.17) is 10.2 Å². The van der Waals surface area contributed by atoms with Crippen molar-refractivity contribution >= 4 is 11.9 Å². The highest BCUT2D eigenvalue weighted by Crippen LogP contribution is 2.10. The summed E-state index contributed by atoms with van der Waals surface area (Å²) < 4.78 is 0. The number of aliphatic carboxylic acids is 2. The molecule has 0 amide bonds. The molecule has 0 aromatic rings. The second kappa shape index (κ2) is 6.18. The quantitative estimate of drug-likeness (QED) is 0.641. The average Bonchev–Trinajstić information content (AvgIpc) is 2.02. The molecule has 0 fully saturated rings. The zero-order chi connectivity index (χ0) is 11.1. The zero-order valence-corrected chi connectivity index (χ0v) is 8.43. The lowest BCUT2D eigenvalue weighted by Crippen LogP contribution is -2.13. The van der Waals surface area contributed by atoms with Crippen LogP contribution in [0.15, 0.2) is 12.2 Å². The summed E-state index contributed by atoms with van der Waals surface area (Å²) in [5, 5.41) is 17.2. The number of hydrogen-bond donors (Lipinski definition) is 2. The van der Waals surface area contributed by atoms with Gasteiger partial charge in [0, 0.05) is 6.42 Å². The van der Waals surface area contributed by atoms with Gasteiger partial charge in [0.15, 0.2) is 0 Å². The molecule has 0 aromatic heterocycles. The fraction of sp³-hybridized carbons (Fsp3) is 0.600. The molecule has 0 bridgehead atoms. The second-order valence-corrected chi connectivity index (χ2v) is 3.51. The van der Waals surface area contributed by atoms with Gasteiger partial charge in [-0.25, -0.2) is 0 Å². The van der Waals surface area contributed by atoms with E-state index in [-0.39, 0.29) is 18.8 Å². The number of allylic oxidation sites excluding steroid dienone is 1. The van der Waals surface area contributed by atoms with Crippen molar-refractivity contribution in [3.8, 4) is 0 Å². The predicted octanol–water partition coefficient (Wildman–Crippen LogP) is 1.76. The molecular weight excluding hydrogens is 184 g/mol. The van der Waals surface area contributed by atoms with Crippen LogP contribution >= 0.6 is 0 Å². The van der Waals surface area contributed by atoms with Gasteiger partial charge in [0.25, 0.3) is 0 Å². The van der Waals surface area contributed by atoms with Gasteiger partial charge in [0.2, 0.25) is 0 Å². The van der Waals surface area contributed by atoms with Crippen LogP contribution in [0.2, 0.25) is 0 Å². The largest absolute Gasteiger partial charge is 0.481 e. The van der Waals surface area contributed by atoms with Gasteiger partial charge in [0.1, 0.15) is 0 Å². The topological polar surface area (TPSA) is 74.6 Å². The van der Waals surface area contributed by atoms with E-state index in [2.05, 4.69) is 0 Å². The Labute approximate surface area is 83.2 Å². The van der Waals surface area contributed by atoms with Crippen LogP contribution in [0.1, 0.15) is 26.7 Å². The van der Waals surface area contributed by atoms with E-state index in [0.29, 0.717) is 0 Å². The first-order valence-electron chi connectivity index (χ1n) is 4.56. The zero-order valence-electron chi connectivity index (χ0n) is 8.43. The molecule has 0 spiro atoms. The molecule has 14 heavy (non-hydrogen) atoms. The van der Waals surface area contributed by atoms with Gasteiger partial charge in [-0.15, -0.1) is 0 Å². The Balaban J connectivity index is 4.16. The molecule has 0 aliphatic carbocycles. The number of carbonyl (C=O) groups is 2. The van der Waals surface area contributed by atoms with Crippen molar-refractivity contribution in [3.63, 3.8) is 0 Å². The van der Waals surface area contributed by atoms with Crippen molar-refractivity contribution in [2.24, 2.45) is 11.8 Å². The first kappa shape index (κ1) is 12.7. The van der Waals surface area contributed by atoms with Crippen molar-refractivity contribution in [2.75, 3.05) is 0 Å². The number of carboxylic acids is 2. The number of carboxylic acid groups (broad SMARTS) is 2. The smallest absolute Gasteiger partial charge is 0.310 e. The van der Waals surface area contributed by atoms with Crippen molar-refractivity contribution in [2.45, 2.75) is 26.7 Å². The molecule has 0 heterocycles. The minimum Gasteiger partial charge on any atom is -0.481 e. The van der Waals surface area contributed by atoms with E-state index in [9.17, 15) is 9.59 Å². The summed E-state index contributed by atoms with van der Waals surface area (Å²) in [6.07, 6.45) is 3.38. The molecule has 0 aliphatic rings. The highest BCUT2D eigenvalue weighted by Gasteiger charge is 2.15. The van der Waals surface area contributed by atoms with Crippen LogP contribution in [0.3, 0.4) is 0 Å². The summed E-state index contributed by atoms with van der Waals surface area (Å²) in [6.45, 7) is 3.87. The molecule has 0 rings (SSSR count). The van der Waals surface area contributed by atoms with Gasteiger partial charge >= 0.3 is 11.9 Å². The summed E-state index contributed by atoms with van der Waals surface area (Å²) in [7, 11) is 0. The molecule has 80 valence electrons. The Morgan fingerprint density at radius 3 is 2.14 bits per heavy atom. The van der Waals surface area contributed by atoms with E-state index in [1.165, 1.54) is 0 Å². The van der Waals surface area contributed by atoms with Gasteiger partial charge in [0.05, 0.1) is 5.92 Å². The van der Waals surface area contributed by atoms with E-state index in [1.807, 2.05) is 13.8 Å². The summed E-state index contributed by atoms with van der Waals surface area (Å²) in [5.41, 5.74) is 0. The average molecular weight is 200 g/mol. The lowest BCUT2D eigenvalue weighted by Gasteiger charge is -2.05. The maximum absolute atomic E-state index is 10.7. The van der Waals surface area contributed by atoms with Gasteiger partial charge in [-0.05, 0) is 12.3 Å². The highest BCUT2D eigenvalue weighted by molar-refractivity contribution is 5.73. The molecule has 0 saturated carbocycles. The maximum atomic E-state index is 10.7. The predicted molar refractivity (Wildman–Crippen MR) is 52.0 cm³/mol. The van der Waals surface area contributed by atoms with Crippen LogP contribution in [0.25, 0.3) is 0 Å². The standard InChI is InChI=1S/C10H16O4/c1-7(2)3-4-8(10(13)14)5-6-9(11)12/h3-4,7-8H,5-6H2,1-2H3,(H,11,12)(H,13,14).